The Balaban J connectivity index is 1.46. The van der Waals surface area contributed by atoms with Gasteiger partial charge in [0.25, 0.3) is 5.91 Å². The third kappa shape index (κ3) is 3.79. The highest BCUT2D eigenvalue weighted by molar-refractivity contribution is 7.14. The molecule has 1 fully saturated rings. The number of carbonyl (C=O) groups is 1. The van der Waals surface area contributed by atoms with Gasteiger partial charge >= 0.3 is 0 Å². The number of ether oxygens (including phenoxy) is 1. The molecule has 1 amide bonds. The molecule has 0 radical (unpaired) electrons. The van der Waals surface area contributed by atoms with Gasteiger partial charge < -0.3 is 14.5 Å². The van der Waals surface area contributed by atoms with Gasteiger partial charge in [-0.05, 0) is 37.3 Å². The number of thiophene rings is 1. The monoisotopic (exact) mass is 390 g/mol. The molecule has 1 spiro atoms. The maximum absolute atomic E-state index is 12.4. The minimum Gasteiger partial charge on any atom is -0.424 e. The van der Waals surface area contributed by atoms with Crippen LogP contribution in [0.5, 0.6) is 0 Å². The van der Waals surface area contributed by atoms with Crippen LogP contribution in [0.2, 0.25) is 0 Å². The Morgan fingerprint density at radius 2 is 2.19 bits per heavy atom. The number of carbonyl (C=O) groups excluding carboxylic acids is 1. The van der Waals surface area contributed by atoms with Crippen LogP contribution in [0.3, 0.4) is 0 Å². The first-order valence-electron chi connectivity index (χ1n) is 9.66. The van der Waals surface area contributed by atoms with E-state index >= 15 is 0 Å². The van der Waals surface area contributed by atoms with Crippen LogP contribution in [-0.2, 0) is 23.3 Å². The van der Waals surface area contributed by atoms with Crippen molar-refractivity contribution in [1.29, 1.82) is 0 Å². The molecule has 2 aliphatic heterocycles. The molecule has 7 nitrogen and oxygen atoms in total. The average molecular weight is 391 g/mol. The number of hydrogen-bond donors (Lipinski definition) is 1. The lowest BCUT2D eigenvalue weighted by Gasteiger charge is -2.43. The topological polar surface area (TPSA) is 80.5 Å². The van der Waals surface area contributed by atoms with Gasteiger partial charge in [0.1, 0.15) is 5.60 Å². The summed E-state index contributed by atoms with van der Waals surface area (Å²) in [5.74, 6) is 1.31. The summed E-state index contributed by atoms with van der Waals surface area (Å²) in [7, 11) is 0. The summed E-state index contributed by atoms with van der Waals surface area (Å²) in [6.07, 6.45) is 3.67. The van der Waals surface area contributed by atoms with Crippen molar-refractivity contribution in [3.63, 3.8) is 0 Å². The highest BCUT2D eigenvalue weighted by Crippen LogP contribution is 2.45. The lowest BCUT2D eigenvalue weighted by Crippen LogP contribution is -2.45. The quantitative estimate of drug-likeness (QED) is 0.845. The number of hydrogen-bond acceptors (Lipinski definition) is 7. The Morgan fingerprint density at radius 3 is 2.89 bits per heavy atom. The van der Waals surface area contributed by atoms with E-state index in [0.29, 0.717) is 24.9 Å². The van der Waals surface area contributed by atoms with Crippen molar-refractivity contribution in [3.05, 3.63) is 33.2 Å². The van der Waals surface area contributed by atoms with E-state index in [4.69, 9.17) is 9.15 Å². The highest BCUT2D eigenvalue weighted by atomic mass is 32.1. The van der Waals surface area contributed by atoms with Crippen molar-refractivity contribution >= 4 is 17.2 Å². The molecule has 4 rings (SSSR count). The van der Waals surface area contributed by atoms with E-state index < -0.39 is 0 Å². The van der Waals surface area contributed by atoms with E-state index in [1.165, 1.54) is 10.4 Å². The zero-order valence-electron chi connectivity index (χ0n) is 15.9. The second kappa shape index (κ2) is 7.69. The Hall–Kier alpha value is -1.77. The fourth-order valence-electron chi connectivity index (χ4n) is 3.90. The van der Waals surface area contributed by atoms with E-state index in [1.807, 2.05) is 6.92 Å². The predicted molar refractivity (Wildman–Crippen MR) is 102 cm³/mol. The number of amides is 1. The van der Waals surface area contributed by atoms with E-state index in [-0.39, 0.29) is 11.5 Å². The van der Waals surface area contributed by atoms with E-state index in [0.717, 1.165) is 50.3 Å². The number of piperidine rings is 1. The van der Waals surface area contributed by atoms with E-state index in [9.17, 15) is 4.79 Å². The number of rotatable bonds is 5. The molecule has 0 saturated carbocycles. The number of likely N-dealkylation sites (tertiary alicyclic amines) is 1. The molecule has 1 saturated heterocycles. The molecular formula is C19H26N4O3S. The minimum absolute atomic E-state index is 0.0376. The molecule has 0 atom stereocenters. The molecule has 0 bridgehead atoms. The summed E-state index contributed by atoms with van der Waals surface area (Å²) in [4.78, 5) is 16.8. The largest absolute Gasteiger partial charge is 0.424 e. The zero-order chi connectivity index (χ0) is 18.9. The van der Waals surface area contributed by atoms with Crippen molar-refractivity contribution in [2.24, 2.45) is 0 Å². The van der Waals surface area contributed by atoms with Gasteiger partial charge in [-0.25, -0.2) is 0 Å². The van der Waals surface area contributed by atoms with Crippen LogP contribution in [0.15, 0.2) is 10.5 Å². The van der Waals surface area contributed by atoms with Crippen LogP contribution < -0.4 is 5.32 Å². The number of aryl methyl sites for hydroxylation is 1. The highest BCUT2D eigenvalue weighted by Gasteiger charge is 2.42. The van der Waals surface area contributed by atoms with Gasteiger partial charge in [0.15, 0.2) is 0 Å². The standard InChI is InChI=1S/C19H26N4O3S/c1-3-7-20-18(24)15-11-14-4-10-25-19(17(14)27-15)5-8-23(9-6-19)12-16-22-21-13(2)26-16/h11H,3-10,12H2,1-2H3,(H,20,24). The number of nitrogens with zero attached hydrogens (tertiary/aromatic N) is 3. The van der Waals surface area contributed by atoms with Crippen LogP contribution in [0.25, 0.3) is 0 Å². The predicted octanol–water partition coefficient (Wildman–Crippen LogP) is 2.64. The first kappa shape index (κ1) is 18.6. The fraction of sp³-hybridized carbons (Fsp3) is 0.632. The number of nitrogens with one attached hydrogen (secondary N) is 1. The summed E-state index contributed by atoms with van der Waals surface area (Å²) in [6, 6.07) is 2.07. The summed E-state index contributed by atoms with van der Waals surface area (Å²) < 4.78 is 11.8. The molecule has 146 valence electrons. The van der Waals surface area contributed by atoms with E-state index in [1.54, 1.807) is 11.3 Å². The van der Waals surface area contributed by atoms with Gasteiger partial charge in [-0.15, -0.1) is 21.5 Å². The lowest BCUT2D eigenvalue weighted by molar-refractivity contribution is -0.0967. The maximum Gasteiger partial charge on any atom is 0.261 e. The van der Waals surface area contributed by atoms with Crippen molar-refractivity contribution in [1.82, 2.24) is 20.4 Å². The molecule has 27 heavy (non-hydrogen) atoms. The SMILES string of the molecule is CCCNC(=O)c1cc2c(s1)C1(CCN(Cc3nnc(C)o3)CC1)OCC2. The van der Waals surface area contributed by atoms with Crippen molar-refractivity contribution < 1.29 is 13.9 Å². The first-order chi connectivity index (χ1) is 13.1. The van der Waals surface area contributed by atoms with Gasteiger partial charge in [0.05, 0.1) is 18.0 Å². The van der Waals surface area contributed by atoms with Gasteiger partial charge in [0.2, 0.25) is 11.8 Å². The Bertz CT molecular complexity index is 808. The Kier molecular flexibility index (Phi) is 5.29. The van der Waals surface area contributed by atoms with Crippen LogP contribution in [0.4, 0.5) is 0 Å². The van der Waals surface area contributed by atoms with Crippen LogP contribution in [0, 0.1) is 6.92 Å². The second-order valence-electron chi connectivity index (χ2n) is 7.30. The Morgan fingerprint density at radius 1 is 1.37 bits per heavy atom. The average Bonchev–Trinajstić information content (AvgIpc) is 3.29. The third-order valence-electron chi connectivity index (χ3n) is 5.32. The summed E-state index contributed by atoms with van der Waals surface area (Å²) in [6.45, 7) is 7.82. The lowest BCUT2D eigenvalue weighted by atomic mass is 9.85. The summed E-state index contributed by atoms with van der Waals surface area (Å²) in [5.41, 5.74) is 1.04. The molecule has 1 N–H and O–H groups in total. The second-order valence-corrected chi connectivity index (χ2v) is 8.36. The third-order valence-corrected chi connectivity index (χ3v) is 6.68. The van der Waals surface area contributed by atoms with Crippen molar-refractivity contribution in [2.45, 2.75) is 51.7 Å². The molecule has 0 unspecified atom stereocenters. The van der Waals surface area contributed by atoms with Crippen LogP contribution in [0.1, 0.15) is 58.1 Å². The minimum atomic E-state index is -0.247. The van der Waals surface area contributed by atoms with Crippen molar-refractivity contribution in [2.75, 3.05) is 26.2 Å². The molecule has 4 heterocycles. The van der Waals surface area contributed by atoms with Gasteiger partial charge in [-0.3, -0.25) is 9.69 Å². The maximum atomic E-state index is 12.4. The Labute approximate surface area is 163 Å². The normalized spacial score (nSPS) is 19.2. The van der Waals surface area contributed by atoms with E-state index in [2.05, 4.69) is 33.4 Å². The molecule has 0 aromatic carbocycles. The molecule has 8 heteroatoms. The number of aromatic nitrogens is 2. The summed E-state index contributed by atoms with van der Waals surface area (Å²) >= 11 is 1.61. The zero-order valence-corrected chi connectivity index (χ0v) is 16.7. The van der Waals surface area contributed by atoms with Gasteiger partial charge in [0, 0.05) is 31.4 Å². The van der Waals surface area contributed by atoms with Gasteiger partial charge in [-0.2, -0.15) is 0 Å². The van der Waals surface area contributed by atoms with Crippen LogP contribution in [-0.4, -0.2) is 47.2 Å². The molecule has 2 aromatic heterocycles. The fourth-order valence-corrected chi connectivity index (χ4v) is 5.22. The van der Waals surface area contributed by atoms with Crippen LogP contribution >= 0.6 is 11.3 Å². The molecular weight excluding hydrogens is 364 g/mol. The molecule has 2 aromatic rings. The molecule has 2 aliphatic rings. The van der Waals surface area contributed by atoms with Crippen molar-refractivity contribution in [3.8, 4) is 0 Å². The van der Waals surface area contributed by atoms with Gasteiger partial charge in [-0.1, -0.05) is 6.92 Å². The molecule has 0 aliphatic carbocycles. The summed E-state index contributed by atoms with van der Waals surface area (Å²) in [5, 5.41) is 11.0. The first-order valence-corrected chi connectivity index (χ1v) is 10.5. The smallest absolute Gasteiger partial charge is 0.261 e. The number of fused-ring (bicyclic) bond motifs is 2.